The Morgan fingerprint density at radius 2 is 2.31 bits per heavy atom. The van der Waals surface area contributed by atoms with E-state index < -0.39 is 6.09 Å². The van der Waals surface area contributed by atoms with Gasteiger partial charge in [0, 0.05) is 19.6 Å². The minimum absolute atomic E-state index is 0.161. The Balaban J connectivity index is 1.77. The van der Waals surface area contributed by atoms with Crippen LogP contribution in [-0.2, 0) is 9.47 Å². The van der Waals surface area contributed by atoms with E-state index in [1.165, 1.54) is 0 Å². The van der Waals surface area contributed by atoms with E-state index in [9.17, 15) is 4.79 Å². The van der Waals surface area contributed by atoms with Gasteiger partial charge in [0.15, 0.2) is 6.10 Å². The van der Waals surface area contributed by atoms with Crippen molar-refractivity contribution in [3.05, 3.63) is 0 Å². The second kappa shape index (κ2) is 3.85. The summed E-state index contributed by atoms with van der Waals surface area (Å²) in [6.07, 6.45) is 0.932. The fraction of sp³-hybridized carbons (Fsp3) is 0.750. The molecule has 1 unspecified atom stereocenters. The van der Waals surface area contributed by atoms with Crippen molar-refractivity contribution in [2.75, 3.05) is 32.8 Å². The van der Waals surface area contributed by atoms with E-state index in [0.29, 0.717) is 0 Å². The zero-order valence-electron chi connectivity index (χ0n) is 7.31. The van der Waals surface area contributed by atoms with Gasteiger partial charge in [0.1, 0.15) is 0 Å². The molecule has 0 radical (unpaired) electrons. The van der Waals surface area contributed by atoms with Gasteiger partial charge in [0.25, 0.3) is 0 Å². The third kappa shape index (κ3) is 2.26. The van der Waals surface area contributed by atoms with Crippen LogP contribution in [-0.4, -0.2) is 56.2 Å². The van der Waals surface area contributed by atoms with Gasteiger partial charge in [-0.3, -0.25) is 4.90 Å². The predicted octanol–water partition coefficient (Wildman–Crippen LogP) is -0.0918. The normalized spacial score (nSPS) is 29.2. The highest BCUT2D eigenvalue weighted by Crippen LogP contribution is 2.05. The van der Waals surface area contributed by atoms with Gasteiger partial charge < -0.3 is 9.47 Å². The van der Waals surface area contributed by atoms with E-state index in [1.54, 1.807) is 6.21 Å². The molecule has 0 bridgehead atoms. The summed E-state index contributed by atoms with van der Waals surface area (Å²) in [7, 11) is 0. The lowest BCUT2D eigenvalue weighted by molar-refractivity contribution is 0.0241. The fourth-order valence-electron chi connectivity index (χ4n) is 1.46. The maximum atomic E-state index is 10.6. The lowest BCUT2D eigenvalue weighted by Gasteiger charge is -2.27. The van der Waals surface area contributed by atoms with Crippen LogP contribution < -0.4 is 0 Å². The van der Waals surface area contributed by atoms with Gasteiger partial charge in [-0.1, -0.05) is 0 Å². The van der Waals surface area contributed by atoms with E-state index in [0.717, 1.165) is 32.8 Å². The highest BCUT2D eigenvalue weighted by atomic mass is 16.6. The molecular weight excluding hydrogens is 172 g/mol. The first-order valence-corrected chi connectivity index (χ1v) is 4.39. The summed E-state index contributed by atoms with van der Waals surface area (Å²) in [5.74, 6) is 0. The molecule has 72 valence electrons. The Labute approximate surface area is 76.3 Å². The molecule has 2 rings (SSSR count). The standard InChI is InChI=1S/C8H12N2O3/c11-8-9-5-7(13-8)6-10-1-3-12-4-2-10/h5,7H,1-4,6H2. The molecule has 0 aliphatic carbocycles. The molecule has 0 aromatic carbocycles. The molecule has 0 aromatic rings. The molecule has 2 aliphatic heterocycles. The van der Waals surface area contributed by atoms with Crippen LogP contribution in [0.1, 0.15) is 0 Å². The van der Waals surface area contributed by atoms with Crippen LogP contribution in [0.2, 0.25) is 0 Å². The lowest BCUT2D eigenvalue weighted by atomic mass is 10.3. The topological polar surface area (TPSA) is 51.1 Å². The van der Waals surface area contributed by atoms with Crippen molar-refractivity contribution in [1.82, 2.24) is 4.90 Å². The average Bonchev–Trinajstić information content (AvgIpc) is 2.53. The minimum Gasteiger partial charge on any atom is -0.437 e. The third-order valence-corrected chi connectivity index (χ3v) is 2.14. The summed E-state index contributed by atoms with van der Waals surface area (Å²) in [6, 6.07) is 0. The smallest absolute Gasteiger partial charge is 0.434 e. The number of morpholine rings is 1. The molecular formula is C8H12N2O3. The number of ether oxygens (including phenoxy) is 2. The molecule has 5 nitrogen and oxygen atoms in total. The molecule has 1 fully saturated rings. The maximum absolute atomic E-state index is 10.6. The van der Waals surface area contributed by atoms with E-state index in [4.69, 9.17) is 9.47 Å². The SMILES string of the molecule is O=C1N=CC(CN2CCOCC2)O1. The van der Waals surface area contributed by atoms with Gasteiger partial charge in [-0.05, 0) is 0 Å². The van der Waals surface area contributed by atoms with Crippen molar-refractivity contribution in [2.45, 2.75) is 6.10 Å². The molecule has 0 saturated carbocycles. The van der Waals surface area contributed by atoms with E-state index >= 15 is 0 Å². The largest absolute Gasteiger partial charge is 0.437 e. The van der Waals surface area contributed by atoms with Gasteiger partial charge in [-0.15, -0.1) is 0 Å². The number of hydrogen-bond donors (Lipinski definition) is 0. The number of rotatable bonds is 2. The molecule has 2 aliphatic rings. The van der Waals surface area contributed by atoms with Crippen molar-refractivity contribution >= 4 is 12.3 Å². The molecule has 13 heavy (non-hydrogen) atoms. The lowest BCUT2D eigenvalue weighted by Crippen LogP contribution is -2.41. The van der Waals surface area contributed by atoms with Crippen LogP contribution in [0, 0.1) is 0 Å². The highest BCUT2D eigenvalue weighted by Gasteiger charge is 2.22. The van der Waals surface area contributed by atoms with Crippen LogP contribution in [0.25, 0.3) is 0 Å². The monoisotopic (exact) mass is 184 g/mol. The average molecular weight is 184 g/mol. The van der Waals surface area contributed by atoms with Gasteiger partial charge >= 0.3 is 6.09 Å². The molecule has 1 saturated heterocycles. The zero-order chi connectivity index (χ0) is 9.10. The van der Waals surface area contributed by atoms with Crippen molar-refractivity contribution in [3.8, 4) is 0 Å². The fourth-order valence-corrected chi connectivity index (χ4v) is 1.46. The summed E-state index contributed by atoms with van der Waals surface area (Å²) < 4.78 is 10.1. The Kier molecular flexibility index (Phi) is 2.56. The van der Waals surface area contributed by atoms with Crippen molar-refractivity contribution < 1.29 is 14.3 Å². The number of nitrogens with zero attached hydrogens (tertiary/aromatic N) is 2. The van der Waals surface area contributed by atoms with Crippen LogP contribution in [0.4, 0.5) is 4.79 Å². The summed E-state index contributed by atoms with van der Waals surface area (Å²) in [5, 5.41) is 0. The number of carbonyl (C=O) groups excluding carboxylic acids is 1. The number of hydrogen-bond acceptors (Lipinski definition) is 4. The molecule has 1 amide bonds. The summed E-state index contributed by atoms with van der Waals surface area (Å²) in [5.41, 5.74) is 0. The second-order valence-electron chi connectivity index (χ2n) is 3.11. The first kappa shape index (κ1) is 8.65. The second-order valence-corrected chi connectivity index (χ2v) is 3.11. The summed E-state index contributed by atoms with van der Waals surface area (Å²) >= 11 is 0. The van der Waals surface area contributed by atoms with Crippen molar-refractivity contribution in [2.24, 2.45) is 4.99 Å². The van der Waals surface area contributed by atoms with Crippen LogP contribution in [0.3, 0.4) is 0 Å². The molecule has 0 N–H and O–H groups in total. The molecule has 0 spiro atoms. The number of carbonyl (C=O) groups is 1. The summed E-state index contributed by atoms with van der Waals surface area (Å²) in [6.45, 7) is 4.07. The van der Waals surface area contributed by atoms with Crippen molar-refractivity contribution in [3.63, 3.8) is 0 Å². The predicted molar refractivity (Wildman–Crippen MR) is 46.0 cm³/mol. The third-order valence-electron chi connectivity index (χ3n) is 2.14. The van der Waals surface area contributed by atoms with Crippen LogP contribution in [0.5, 0.6) is 0 Å². The maximum Gasteiger partial charge on any atom is 0.434 e. The Morgan fingerprint density at radius 3 is 2.92 bits per heavy atom. The van der Waals surface area contributed by atoms with Crippen molar-refractivity contribution in [1.29, 1.82) is 0 Å². The molecule has 2 heterocycles. The molecule has 0 aromatic heterocycles. The molecule has 5 heteroatoms. The minimum atomic E-state index is -0.474. The number of aliphatic imine (C=N–C) groups is 1. The highest BCUT2D eigenvalue weighted by molar-refractivity contribution is 5.87. The Morgan fingerprint density at radius 1 is 1.54 bits per heavy atom. The van der Waals surface area contributed by atoms with Gasteiger partial charge in [-0.25, -0.2) is 4.79 Å². The number of cyclic esters (lactones) is 1. The van der Waals surface area contributed by atoms with E-state index in [2.05, 4.69) is 9.89 Å². The van der Waals surface area contributed by atoms with Crippen LogP contribution in [0.15, 0.2) is 4.99 Å². The van der Waals surface area contributed by atoms with Crippen LogP contribution >= 0.6 is 0 Å². The first-order chi connectivity index (χ1) is 6.34. The zero-order valence-corrected chi connectivity index (χ0v) is 7.31. The first-order valence-electron chi connectivity index (χ1n) is 4.39. The summed E-state index contributed by atoms with van der Waals surface area (Å²) in [4.78, 5) is 16.4. The van der Waals surface area contributed by atoms with Gasteiger partial charge in [-0.2, -0.15) is 4.99 Å². The molecule has 1 atom stereocenters. The van der Waals surface area contributed by atoms with E-state index in [-0.39, 0.29) is 6.10 Å². The Hall–Kier alpha value is -0.940. The number of amides is 1. The van der Waals surface area contributed by atoms with Gasteiger partial charge in [0.05, 0.1) is 19.4 Å². The van der Waals surface area contributed by atoms with Gasteiger partial charge in [0.2, 0.25) is 0 Å². The Bertz CT molecular complexity index is 223. The quantitative estimate of drug-likeness (QED) is 0.601. The van der Waals surface area contributed by atoms with E-state index in [1.807, 2.05) is 0 Å².